The van der Waals surface area contributed by atoms with Gasteiger partial charge in [0.15, 0.2) is 0 Å². The summed E-state index contributed by atoms with van der Waals surface area (Å²) in [6, 6.07) is 12.1. The van der Waals surface area contributed by atoms with Crippen LogP contribution in [0.4, 0.5) is 5.69 Å². The maximum absolute atomic E-state index is 13.0. The number of anilines is 1. The van der Waals surface area contributed by atoms with Gasteiger partial charge in [-0.05, 0) is 61.1 Å². The monoisotopic (exact) mass is 319 g/mol. The van der Waals surface area contributed by atoms with E-state index in [9.17, 15) is 4.79 Å². The van der Waals surface area contributed by atoms with E-state index in [1.54, 1.807) is 11.1 Å². The molecule has 1 amide bonds. The minimum Gasteiger partial charge on any atom is -0.311 e. The van der Waals surface area contributed by atoms with E-state index in [0.717, 1.165) is 23.2 Å². The van der Waals surface area contributed by atoms with Crippen LogP contribution in [0.1, 0.15) is 35.4 Å². The Morgan fingerprint density at radius 2 is 2.17 bits per heavy atom. The van der Waals surface area contributed by atoms with E-state index in [2.05, 4.69) is 18.0 Å². The average Bonchev–Trinajstić information content (AvgIpc) is 3.39. The SMILES string of the molecule is Cc1ccc(N(CCC#N)C(=O)[C@H]2C[C@H]2c2cccnc2)cc1C. The summed E-state index contributed by atoms with van der Waals surface area (Å²) in [6.07, 6.45) is 4.78. The van der Waals surface area contributed by atoms with Gasteiger partial charge in [0.05, 0.1) is 12.5 Å². The lowest BCUT2D eigenvalue weighted by Crippen LogP contribution is -2.33. The molecule has 24 heavy (non-hydrogen) atoms. The maximum Gasteiger partial charge on any atom is 0.230 e. The molecule has 2 atom stereocenters. The molecule has 1 aromatic heterocycles. The average molecular weight is 319 g/mol. The molecule has 1 saturated carbocycles. The molecule has 1 aliphatic carbocycles. The normalized spacial score (nSPS) is 18.7. The molecule has 0 N–H and O–H groups in total. The molecule has 0 unspecified atom stereocenters. The van der Waals surface area contributed by atoms with Gasteiger partial charge in [0, 0.05) is 30.5 Å². The van der Waals surface area contributed by atoms with Crippen LogP contribution in [0.15, 0.2) is 42.7 Å². The lowest BCUT2D eigenvalue weighted by Gasteiger charge is -2.23. The van der Waals surface area contributed by atoms with Crippen molar-refractivity contribution in [1.82, 2.24) is 4.98 Å². The van der Waals surface area contributed by atoms with Crippen molar-refractivity contribution in [1.29, 1.82) is 5.26 Å². The van der Waals surface area contributed by atoms with Crippen LogP contribution in [0.3, 0.4) is 0 Å². The van der Waals surface area contributed by atoms with Crippen molar-refractivity contribution >= 4 is 11.6 Å². The van der Waals surface area contributed by atoms with Crippen LogP contribution in [0.25, 0.3) is 0 Å². The number of aryl methyl sites for hydroxylation is 2. The molecule has 1 aliphatic rings. The van der Waals surface area contributed by atoms with Gasteiger partial charge in [-0.1, -0.05) is 12.1 Å². The molecule has 4 heteroatoms. The highest BCUT2D eigenvalue weighted by Gasteiger charge is 2.46. The second kappa shape index (κ2) is 6.84. The molecule has 1 heterocycles. The summed E-state index contributed by atoms with van der Waals surface area (Å²) < 4.78 is 0. The standard InChI is InChI=1S/C20H21N3O/c1-14-6-7-17(11-15(14)2)23(10-4-8-21)20(24)19-12-18(19)16-5-3-9-22-13-16/h3,5-7,9,11,13,18-19H,4,10,12H2,1-2H3/t18-,19-/m0/s1. The Balaban J connectivity index is 1.80. The third-order valence-electron chi connectivity index (χ3n) is 4.74. The van der Waals surface area contributed by atoms with Gasteiger partial charge >= 0.3 is 0 Å². The fraction of sp³-hybridized carbons (Fsp3) is 0.350. The van der Waals surface area contributed by atoms with E-state index in [4.69, 9.17) is 5.26 Å². The lowest BCUT2D eigenvalue weighted by molar-refractivity contribution is -0.119. The van der Waals surface area contributed by atoms with Crippen LogP contribution in [-0.2, 0) is 4.79 Å². The molecular formula is C20H21N3O. The van der Waals surface area contributed by atoms with Gasteiger partial charge in [0.2, 0.25) is 5.91 Å². The topological polar surface area (TPSA) is 57.0 Å². The second-order valence-corrected chi connectivity index (χ2v) is 6.40. The molecule has 0 radical (unpaired) electrons. The largest absolute Gasteiger partial charge is 0.311 e. The van der Waals surface area contributed by atoms with Gasteiger partial charge < -0.3 is 4.90 Å². The van der Waals surface area contributed by atoms with Gasteiger partial charge in [0.1, 0.15) is 0 Å². The summed E-state index contributed by atoms with van der Waals surface area (Å²) in [7, 11) is 0. The van der Waals surface area contributed by atoms with Crippen LogP contribution >= 0.6 is 0 Å². The number of pyridine rings is 1. The minimum absolute atomic E-state index is 0.00509. The van der Waals surface area contributed by atoms with Crippen LogP contribution < -0.4 is 4.90 Å². The summed E-state index contributed by atoms with van der Waals surface area (Å²) >= 11 is 0. The first kappa shape index (κ1) is 16.2. The summed E-state index contributed by atoms with van der Waals surface area (Å²) in [5.74, 6) is 0.360. The number of nitrogens with zero attached hydrogens (tertiary/aromatic N) is 3. The lowest BCUT2D eigenvalue weighted by atomic mass is 10.1. The van der Waals surface area contributed by atoms with E-state index >= 15 is 0 Å². The second-order valence-electron chi connectivity index (χ2n) is 6.40. The fourth-order valence-corrected chi connectivity index (χ4v) is 3.05. The van der Waals surface area contributed by atoms with Gasteiger partial charge in [-0.25, -0.2) is 0 Å². The zero-order valence-corrected chi connectivity index (χ0v) is 14.1. The van der Waals surface area contributed by atoms with E-state index < -0.39 is 0 Å². The predicted octanol–water partition coefficient (Wildman–Crippen LogP) is 3.75. The quantitative estimate of drug-likeness (QED) is 0.843. The maximum atomic E-state index is 13.0. The Labute approximate surface area is 142 Å². The highest BCUT2D eigenvalue weighted by Crippen LogP contribution is 2.48. The third kappa shape index (κ3) is 3.30. The number of rotatable bonds is 5. The van der Waals surface area contributed by atoms with Crippen LogP contribution in [0, 0.1) is 31.1 Å². The van der Waals surface area contributed by atoms with E-state index in [1.165, 1.54) is 5.56 Å². The number of hydrogen-bond acceptors (Lipinski definition) is 3. The Kier molecular flexibility index (Phi) is 4.61. The molecule has 0 saturated heterocycles. The first-order valence-corrected chi connectivity index (χ1v) is 8.27. The van der Waals surface area contributed by atoms with Gasteiger partial charge in [-0.3, -0.25) is 9.78 Å². The molecule has 1 fully saturated rings. The molecular weight excluding hydrogens is 298 g/mol. The van der Waals surface area contributed by atoms with Crippen molar-refractivity contribution in [2.75, 3.05) is 11.4 Å². The third-order valence-corrected chi connectivity index (χ3v) is 4.74. The zero-order chi connectivity index (χ0) is 17.1. The molecule has 1 aromatic carbocycles. The van der Waals surface area contributed by atoms with Crippen molar-refractivity contribution in [2.24, 2.45) is 5.92 Å². The van der Waals surface area contributed by atoms with E-state index in [1.807, 2.05) is 43.5 Å². The van der Waals surface area contributed by atoms with Gasteiger partial charge in [-0.2, -0.15) is 5.26 Å². The molecule has 2 aromatic rings. The van der Waals surface area contributed by atoms with Gasteiger partial charge in [-0.15, -0.1) is 0 Å². The van der Waals surface area contributed by atoms with Crippen molar-refractivity contribution in [2.45, 2.75) is 32.6 Å². The first-order chi connectivity index (χ1) is 11.6. The molecule has 3 rings (SSSR count). The molecule has 122 valence electrons. The summed E-state index contributed by atoms with van der Waals surface area (Å²) in [4.78, 5) is 18.9. The molecule has 0 bridgehead atoms. The molecule has 0 spiro atoms. The summed E-state index contributed by atoms with van der Waals surface area (Å²) in [5.41, 5.74) is 4.36. The Bertz CT molecular complexity index is 779. The number of hydrogen-bond donors (Lipinski definition) is 0. The number of nitriles is 1. The van der Waals surface area contributed by atoms with Gasteiger partial charge in [0.25, 0.3) is 0 Å². The minimum atomic E-state index is -0.00509. The Morgan fingerprint density at radius 1 is 1.33 bits per heavy atom. The number of aromatic nitrogens is 1. The fourth-order valence-electron chi connectivity index (χ4n) is 3.05. The van der Waals surface area contributed by atoms with Crippen molar-refractivity contribution in [3.05, 3.63) is 59.4 Å². The van der Waals surface area contributed by atoms with Crippen LogP contribution in [0.2, 0.25) is 0 Å². The smallest absolute Gasteiger partial charge is 0.230 e. The van der Waals surface area contributed by atoms with Crippen molar-refractivity contribution in [3.8, 4) is 6.07 Å². The van der Waals surface area contributed by atoms with Crippen molar-refractivity contribution < 1.29 is 4.79 Å². The van der Waals surface area contributed by atoms with E-state index in [-0.39, 0.29) is 17.7 Å². The van der Waals surface area contributed by atoms with Crippen LogP contribution in [-0.4, -0.2) is 17.4 Å². The highest BCUT2D eigenvalue weighted by atomic mass is 16.2. The van der Waals surface area contributed by atoms with Crippen LogP contribution in [0.5, 0.6) is 0 Å². The Hall–Kier alpha value is -2.67. The number of carbonyl (C=O) groups is 1. The number of benzene rings is 1. The van der Waals surface area contributed by atoms with E-state index in [0.29, 0.717) is 13.0 Å². The predicted molar refractivity (Wildman–Crippen MR) is 93.6 cm³/mol. The Morgan fingerprint density at radius 3 is 2.83 bits per heavy atom. The first-order valence-electron chi connectivity index (χ1n) is 8.27. The number of carbonyl (C=O) groups excluding carboxylic acids is 1. The zero-order valence-electron chi connectivity index (χ0n) is 14.1. The molecule has 0 aliphatic heterocycles. The summed E-state index contributed by atoms with van der Waals surface area (Å²) in [5, 5.41) is 8.93. The molecule has 4 nitrogen and oxygen atoms in total. The van der Waals surface area contributed by atoms with Crippen molar-refractivity contribution in [3.63, 3.8) is 0 Å². The summed E-state index contributed by atoms with van der Waals surface area (Å²) in [6.45, 7) is 4.54. The number of amides is 1. The highest BCUT2D eigenvalue weighted by molar-refractivity contribution is 5.97.